The quantitative estimate of drug-likeness (QED) is 0.334. The maximum absolute atomic E-state index is 13.2. The summed E-state index contributed by atoms with van der Waals surface area (Å²) < 4.78 is 110. The molecule has 6 rings (SSSR count). The molecule has 0 amide bonds. The van der Waals surface area contributed by atoms with Gasteiger partial charge in [0.1, 0.15) is 24.3 Å². The van der Waals surface area contributed by atoms with Gasteiger partial charge >= 0.3 is 24.5 Å². The molecule has 3 fully saturated rings. The first-order chi connectivity index (χ1) is 21.5. The standard InChI is InChI=1S/C22H23ClF3N5O2.2C2HF3O2/c1-20(4-5-20)30-9-16-28-29-17(12-7-21(8-12)10-27-11-21)31(16)15-3-2-13(23)6-14(15)18(30)33-19(32)22(24,25)26;2*3-2(4,5)1(6)7/h2-3,6,12,18,27H,4-5,7-11H2,1H3;2*(H,6,7). The van der Waals surface area contributed by atoms with Crippen LogP contribution in [0.3, 0.4) is 0 Å². The number of nitrogens with two attached hydrogens (primary N) is 1. The third-order valence-corrected chi connectivity index (χ3v) is 8.74. The van der Waals surface area contributed by atoms with E-state index >= 15 is 0 Å². The molecule has 4 aliphatic rings. The van der Waals surface area contributed by atoms with Crippen LogP contribution in [0.2, 0.25) is 5.02 Å². The van der Waals surface area contributed by atoms with Crippen molar-refractivity contribution in [1.82, 2.24) is 14.8 Å². The molecule has 2 atom stereocenters. The summed E-state index contributed by atoms with van der Waals surface area (Å²) in [6.45, 7) is 4.55. The number of aromatic nitrogens is 3. The van der Waals surface area contributed by atoms with Gasteiger partial charge in [0.25, 0.3) is 6.23 Å². The molecule has 1 aromatic carbocycles. The number of hydrogen-bond acceptors (Lipinski definition) is 8. The first-order valence-corrected chi connectivity index (χ1v) is 14.1. The molecule has 260 valence electrons. The Kier molecular flexibility index (Phi) is 9.56. The number of nitrogens with one attached hydrogen (secondary N) is 1. The van der Waals surface area contributed by atoms with Gasteiger partial charge in [-0.25, -0.2) is 4.79 Å². The Labute approximate surface area is 263 Å². The van der Waals surface area contributed by atoms with Crippen molar-refractivity contribution in [2.75, 3.05) is 13.1 Å². The van der Waals surface area contributed by atoms with Gasteiger partial charge in [0.05, 0.1) is 35.3 Å². The van der Waals surface area contributed by atoms with Crippen molar-refractivity contribution in [2.45, 2.75) is 75.4 Å². The van der Waals surface area contributed by atoms with E-state index in [1.807, 2.05) is 11.5 Å². The van der Waals surface area contributed by atoms with Gasteiger partial charge in [-0.05, 0) is 38.0 Å². The Balaban J connectivity index is 0.000000301. The van der Waals surface area contributed by atoms with Crippen molar-refractivity contribution >= 4 is 29.5 Å². The zero-order valence-corrected chi connectivity index (χ0v) is 24.7. The molecule has 21 heteroatoms. The third kappa shape index (κ3) is 7.91. The fourth-order valence-electron chi connectivity index (χ4n) is 5.76. The van der Waals surface area contributed by atoms with E-state index in [0.29, 0.717) is 34.1 Å². The van der Waals surface area contributed by atoms with Crippen molar-refractivity contribution in [3.8, 4) is 5.69 Å². The normalized spacial score (nSPS) is 22.4. The van der Waals surface area contributed by atoms with Crippen molar-refractivity contribution in [1.29, 1.82) is 0 Å². The number of carboxylic acid groups (broad SMARTS) is 2. The molecule has 3 N–H and O–H groups in total. The second-order valence-corrected chi connectivity index (χ2v) is 12.4. The molecule has 2 aliphatic carbocycles. The molecule has 1 aromatic heterocycles. The number of fused-ring (bicyclic) bond motifs is 3. The van der Waals surface area contributed by atoms with Crippen LogP contribution in [0.25, 0.3) is 5.69 Å². The first kappa shape index (κ1) is 36.2. The first-order valence-electron chi connectivity index (χ1n) is 13.7. The minimum absolute atomic E-state index is 0.248. The zero-order valence-electron chi connectivity index (χ0n) is 24.0. The summed E-state index contributed by atoms with van der Waals surface area (Å²) in [5, 5.41) is 29.3. The van der Waals surface area contributed by atoms with Crippen molar-refractivity contribution in [2.24, 2.45) is 5.41 Å². The lowest BCUT2D eigenvalue weighted by molar-refractivity contribution is -0.997. The number of carbonyl (C=O) groups is 3. The van der Waals surface area contributed by atoms with Crippen LogP contribution in [0, 0.1) is 5.41 Å². The molecule has 1 saturated heterocycles. The van der Waals surface area contributed by atoms with E-state index in [0.717, 1.165) is 49.5 Å². The lowest BCUT2D eigenvalue weighted by atomic mass is 9.58. The number of hydrogen-bond donors (Lipinski definition) is 2. The number of ether oxygens (including phenoxy) is 1. The van der Waals surface area contributed by atoms with Gasteiger partial charge in [-0.1, -0.05) is 11.6 Å². The summed E-state index contributed by atoms with van der Waals surface area (Å²) in [6, 6.07) is 5.08. The highest BCUT2D eigenvalue weighted by Gasteiger charge is 2.57. The lowest BCUT2D eigenvalue weighted by Crippen LogP contribution is -3.16. The maximum atomic E-state index is 13.2. The number of carboxylic acids is 2. The monoisotopic (exact) mass is 709 g/mol. The second-order valence-electron chi connectivity index (χ2n) is 11.9. The zero-order chi connectivity index (χ0) is 35.3. The number of esters is 1. The van der Waals surface area contributed by atoms with Gasteiger partial charge in [0.15, 0.2) is 5.82 Å². The molecular formula is C26H25ClF9N5O6. The van der Waals surface area contributed by atoms with Crippen molar-refractivity contribution in [3.63, 3.8) is 0 Å². The van der Waals surface area contributed by atoms with Crippen molar-refractivity contribution < 1.29 is 79.1 Å². The number of halogens is 10. The Morgan fingerprint density at radius 1 is 0.957 bits per heavy atom. The summed E-state index contributed by atoms with van der Waals surface area (Å²) in [4.78, 5) is 30.2. The van der Waals surface area contributed by atoms with Crippen LogP contribution in [0.15, 0.2) is 18.2 Å². The van der Waals surface area contributed by atoms with Gasteiger partial charge in [0.2, 0.25) is 0 Å². The van der Waals surface area contributed by atoms with Crippen LogP contribution in [-0.4, -0.2) is 69.8 Å². The average Bonchev–Trinajstić information content (AvgIpc) is 3.53. The van der Waals surface area contributed by atoms with Gasteiger partial charge in [0, 0.05) is 23.8 Å². The Morgan fingerprint density at radius 3 is 1.91 bits per heavy atom. The SMILES string of the molecule is CC1([NH+]2Cc3nnc(C4CC5(C[NH2+]C5)C4)n3-c3ccc(Cl)cc3C2OC(=O)C(F)(F)F)CC1.O=C([O-])C(F)(F)F.O=C([O-])C(F)(F)F. The van der Waals surface area contributed by atoms with Crippen LogP contribution in [0.4, 0.5) is 39.5 Å². The minimum atomic E-state index is -5.19. The fraction of sp³-hybridized carbons (Fsp3) is 0.577. The summed E-state index contributed by atoms with van der Waals surface area (Å²) in [6.07, 6.45) is -12.9. The fourth-order valence-corrected chi connectivity index (χ4v) is 5.94. The van der Waals surface area contributed by atoms with Crippen LogP contribution in [-0.2, 0) is 25.7 Å². The molecule has 2 aromatic rings. The molecular weight excluding hydrogens is 685 g/mol. The number of aliphatic carboxylic acids is 2. The predicted octanol–water partition coefficient (Wildman–Crippen LogP) is 0.0138. The van der Waals surface area contributed by atoms with Gasteiger partial charge < -0.3 is 29.9 Å². The molecule has 11 nitrogen and oxygen atoms in total. The second kappa shape index (κ2) is 12.4. The van der Waals surface area contributed by atoms with Gasteiger partial charge in [-0.2, -0.15) is 39.5 Å². The number of alkyl halides is 9. The molecule has 2 saturated carbocycles. The molecule has 1 spiro atoms. The molecule has 0 bridgehead atoms. The van der Waals surface area contributed by atoms with E-state index in [9.17, 15) is 44.3 Å². The maximum Gasteiger partial charge on any atom is 0.491 e. The number of carbonyl (C=O) groups excluding carboxylic acids is 3. The average molecular weight is 710 g/mol. The van der Waals surface area contributed by atoms with E-state index < -0.39 is 42.7 Å². The molecule has 0 radical (unpaired) electrons. The molecule has 2 aliphatic heterocycles. The largest absolute Gasteiger partial charge is 0.542 e. The lowest BCUT2D eigenvalue weighted by Gasteiger charge is -2.50. The van der Waals surface area contributed by atoms with Crippen LogP contribution in [0.1, 0.15) is 62.0 Å². The Hall–Kier alpha value is -3.65. The van der Waals surface area contributed by atoms with E-state index in [2.05, 4.69) is 15.5 Å². The number of nitrogens with zero attached hydrogens (tertiary/aromatic N) is 3. The van der Waals surface area contributed by atoms with Gasteiger partial charge in [-0.3, -0.25) is 9.47 Å². The third-order valence-electron chi connectivity index (χ3n) is 8.51. The van der Waals surface area contributed by atoms with Gasteiger partial charge in [-0.15, -0.1) is 10.2 Å². The summed E-state index contributed by atoms with van der Waals surface area (Å²) in [7, 11) is 0. The number of rotatable bonds is 3. The van der Waals surface area contributed by atoms with E-state index in [-0.39, 0.29) is 11.5 Å². The smallest absolute Gasteiger partial charge is 0.491 e. The topological polar surface area (TPSA) is 158 Å². The highest BCUT2D eigenvalue weighted by atomic mass is 35.5. The van der Waals surface area contributed by atoms with Crippen molar-refractivity contribution in [3.05, 3.63) is 40.4 Å². The summed E-state index contributed by atoms with van der Waals surface area (Å²) in [5.41, 5.74) is 1.15. The Morgan fingerprint density at radius 2 is 1.49 bits per heavy atom. The molecule has 47 heavy (non-hydrogen) atoms. The summed E-state index contributed by atoms with van der Waals surface area (Å²) >= 11 is 6.29. The predicted molar refractivity (Wildman–Crippen MR) is 132 cm³/mol. The van der Waals surface area contributed by atoms with Crippen LogP contribution in [0.5, 0.6) is 0 Å². The van der Waals surface area contributed by atoms with E-state index in [1.54, 1.807) is 18.2 Å². The molecule has 3 heterocycles. The molecule has 2 unspecified atom stereocenters. The van der Waals surface area contributed by atoms with Crippen LogP contribution >= 0.6 is 11.6 Å². The highest BCUT2D eigenvalue weighted by Crippen LogP contribution is 2.51. The van der Waals surface area contributed by atoms with E-state index in [4.69, 9.17) is 36.1 Å². The minimum Gasteiger partial charge on any atom is -0.542 e. The summed E-state index contributed by atoms with van der Waals surface area (Å²) in [5.74, 6) is -6.46. The number of benzene rings is 1. The van der Waals surface area contributed by atoms with Crippen LogP contribution < -0.4 is 20.4 Å². The van der Waals surface area contributed by atoms with E-state index in [1.165, 1.54) is 0 Å². The highest BCUT2D eigenvalue weighted by molar-refractivity contribution is 6.30. The number of quaternary nitrogens is 2. The Bertz CT molecular complexity index is 1500.